The zero-order valence-electron chi connectivity index (χ0n) is 11.1. The van der Waals surface area contributed by atoms with Gasteiger partial charge in [0.25, 0.3) is 5.89 Å². The van der Waals surface area contributed by atoms with E-state index in [9.17, 15) is 4.79 Å². The van der Waals surface area contributed by atoms with Crippen molar-refractivity contribution in [3.63, 3.8) is 0 Å². The first kappa shape index (κ1) is 13.7. The third-order valence-electron chi connectivity index (χ3n) is 2.85. The van der Waals surface area contributed by atoms with Gasteiger partial charge in [-0.05, 0) is 19.8 Å². The highest BCUT2D eigenvalue weighted by Crippen LogP contribution is 2.22. The largest absolute Gasteiger partial charge is 0.401 e. The van der Waals surface area contributed by atoms with Crippen LogP contribution in [0.1, 0.15) is 31.7 Å². The molecule has 0 saturated carbocycles. The van der Waals surface area contributed by atoms with E-state index in [4.69, 9.17) is 4.42 Å². The smallest absolute Gasteiger partial charge is 0.322 e. The van der Waals surface area contributed by atoms with Crippen LogP contribution in [0.25, 0.3) is 11.6 Å². The number of anilines is 1. The number of aryl methyl sites for hydroxylation is 1. The Hall–Kier alpha value is -1.76. The van der Waals surface area contributed by atoms with Gasteiger partial charge in [0, 0.05) is 11.3 Å². The monoisotopic (exact) mass is 280 g/mol. The van der Waals surface area contributed by atoms with E-state index >= 15 is 0 Å². The van der Waals surface area contributed by atoms with Crippen molar-refractivity contribution >= 4 is 23.3 Å². The molecule has 0 saturated heterocycles. The molecule has 0 fully saturated rings. The Morgan fingerprint density at radius 1 is 1.42 bits per heavy atom. The summed E-state index contributed by atoms with van der Waals surface area (Å²) in [5.41, 5.74) is 0.637. The topological polar surface area (TPSA) is 80.9 Å². The van der Waals surface area contributed by atoms with Crippen molar-refractivity contribution < 1.29 is 9.21 Å². The second kappa shape index (κ2) is 5.92. The van der Waals surface area contributed by atoms with Crippen LogP contribution in [0.5, 0.6) is 0 Å². The summed E-state index contributed by atoms with van der Waals surface area (Å²) >= 11 is 1.51. The summed E-state index contributed by atoms with van der Waals surface area (Å²) in [6, 6.07) is 0.123. The van der Waals surface area contributed by atoms with Crippen molar-refractivity contribution in [1.82, 2.24) is 15.2 Å². The number of hydrogen-bond donors (Lipinski definition) is 1. The van der Waals surface area contributed by atoms with E-state index in [1.807, 2.05) is 26.2 Å². The van der Waals surface area contributed by atoms with Gasteiger partial charge in [-0.3, -0.25) is 10.1 Å². The molecule has 19 heavy (non-hydrogen) atoms. The summed E-state index contributed by atoms with van der Waals surface area (Å²) in [4.78, 5) is 16.1. The zero-order valence-corrected chi connectivity index (χ0v) is 12.0. The maximum absolute atomic E-state index is 11.9. The molecule has 0 radical (unpaired) electrons. The zero-order chi connectivity index (χ0) is 13.8. The standard InChI is InChI=1S/C12H16N4O2S/c1-4-8(5-2)10(17)14-12-16-15-11(18-12)9-6-19-7(3)13-9/h6,8H,4-5H2,1-3H3,(H,14,16,17). The molecule has 0 aliphatic heterocycles. The molecule has 0 aliphatic rings. The third-order valence-corrected chi connectivity index (χ3v) is 3.62. The Bertz CT molecular complexity index is 560. The third kappa shape index (κ3) is 3.17. The number of nitrogens with zero attached hydrogens (tertiary/aromatic N) is 3. The van der Waals surface area contributed by atoms with E-state index in [1.165, 1.54) is 11.3 Å². The summed E-state index contributed by atoms with van der Waals surface area (Å²) in [6.45, 7) is 5.86. The summed E-state index contributed by atoms with van der Waals surface area (Å²) < 4.78 is 5.38. The number of thiazole rings is 1. The predicted octanol–water partition coefficient (Wildman–Crippen LogP) is 2.88. The minimum Gasteiger partial charge on any atom is -0.401 e. The van der Waals surface area contributed by atoms with Gasteiger partial charge in [0.2, 0.25) is 5.91 Å². The van der Waals surface area contributed by atoms with E-state index in [0.29, 0.717) is 11.6 Å². The number of carbonyl (C=O) groups is 1. The van der Waals surface area contributed by atoms with E-state index in [-0.39, 0.29) is 17.8 Å². The van der Waals surface area contributed by atoms with Crippen LogP contribution >= 0.6 is 11.3 Å². The van der Waals surface area contributed by atoms with Gasteiger partial charge in [-0.2, -0.15) is 0 Å². The molecule has 7 heteroatoms. The van der Waals surface area contributed by atoms with Crippen molar-refractivity contribution in [1.29, 1.82) is 0 Å². The van der Waals surface area contributed by atoms with E-state index in [1.54, 1.807) is 0 Å². The second-order valence-corrected chi connectivity index (χ2v) is 5.23. The summed E-state index contributed by atoms with van der Waals surface area (Å²) in [5, 5.41) is 13.1. The Balaban J connectivity index is 2.07. The summed E-state index contributed by atoms with van der Waals surface area (Å²) in [7, 11) is 0. The Labute approximate surface area is 115 Å². The average Bonchev–Trinajstić information content (AvgIpc) is 2.99. The number of hydrogen-bond acceptors (Lipinski definition) is 6. The van der Waals surface area contributed by atoms with Crippen LogP contribution in [0.2, 0.25) is 0 Å². The molecule has 0 atom stereocenters. The van der Waals surface area contributed by atoms with E-state index < -0.39 is 0 Å². The van der Waals surface area contributed by atoms with Crippen LogP contribution in [-0.4, -0.2) is 21.1 Å². The number of amides is 1. The summed E-state index contributed by atoms with van der Waals surface area (Å²) in [6.07, 6.45) is 1.57. The Kier molecular flexibility index (Phi) is 4.26. The molecule has 0 spiro atoms. The lowest BCUT2D eigenvalue weighted by Gasteiger charge is -2.09. The lowest BCUT2D eigenvalue weighted by Crippen LogP contribution is -2.21. The highest BCUT2D eigenvalue weighted by atomic mass is 32.1. The van der Waals surface area contributed by atoms with Gasteiger partial charge in [-0.25, -0.2) is 4.98 Å². The quantitative estimate of drug-likeness (QED) is 0.910. The molecular weight excluding hydrogens is 264 g/mol. The molecule has 2 aromatic rings. The van der Waals surface area contributed by atoms with Crippen LogP contribution in [0.3, 0.4) is 0 Å². The van der Waals surface area contributed by atoms with Crippen LogP contribution in [0, 0.1) is 12.8 Å². The second-order valence-electron chi connectivity index (χ2n) is 4.17. The van der Waals surface area contributed by atoms with Crippen LogP contribution < -0.4 is 5.32 Å². The van der Waals surface area contributed by atoms with Crippen molar-refractivity contribution in [3.8, 4) is 11.6 Å². The minimum absolute atomic E-state index is 0.0307. The number of aromatic nitrogens is 3. The number of carbonyl (C=O) groups excluding carboxylic acids is 1. The van der Waals surface area contributed by atoms with E-state index in [2.05, 4.69) is 20.5 Å². The van der Waals surface area contributed by atoms with Gasteiger partial charge in [-0.1, -0.05) is 18.9 Å². The first-order valence-corrected chi connectivity index (χ1v) is 7.08. The maximum atomic E-state index is 11.9. The lowest BCUT2D eigenvalue weighted by molar-refractivity contribution is -0.120. The molecule has 6 nitrogen and oxygen atoms in total. The first-order valence-electron chi connectivity index (χ1n) is 6.20. The molecule has 2 aromatic heterocycles. The molecule has 0 bridgehead atoms. The van der Waals surface area contributed by atoms with Gasteiger partial charge < -0.3 is 4.42 Å². The van der Waals surface area contributed by atoms with Gasteiger partial charge in [0.05, 0.1) is 5.01 Å². The van der Waals surface area contributed by atoms with Gasteiger partial charge in [0.1, 0.15) is 5.69 Å². The molecule has 0 unspecified atom stereocenters. The highest BCUT2D eigenvalue weighted by Gasteiger charge is 2.18. The van der Waals surface area contributed by atoms with Crippen molar-refractivity contribution in [2.24, 2.45) is 5.92 Å². The van der Waals surface area contributed by atoms with Crippen molar-refractivity contribution in [3.05, 3.63) is 10.4 Å². The highest BCUT2D eigenvalue weighted by molar-refractivity contribution is 7.09. The fourth-order valence-corrected chi connectivity index (χ4v) is 2.29. The normalized spacial score (nSPS) is 10.9. The fraction of sp³-hybridized carbons (Fsp3) is 0.500. The maximum Gasteiger partial charge on any atom is 0.322 e. The molecule has 1 N–H and O–H groups in total. The molecule has 1 amide bonds. The first-order chi connectivity index (χ1) is 9.13. The number of nitrogens with one attached hydrogen (secondary N) is 1. The van der Waals surface area contributed by atoms with Crippen LogP contribution in [0.4, 0.5) is 6.01 Å². The number of rotatable bonds is 5. The predicted molar refractivity (Wildman–Crippen MR) is 72.8 cm³/mol. The van der Waals surface area contributed by atoms with Crippen LogP contribution in [0.15, 0.2) is 9.80 Å². The minimum atomic E-state index is -0.0883. The molecule has 2 rings (SSSR count). The summed E-state index contributed by atoms with van der Waals surface area (Å²) in [5.74, 6) is 0.204. The molecular formula is C12H16N4O2S. The Morgan fingerprint density at radius 2 is 2.16 bits per heavy atom. The molecule has 102 valence electrons. The SMILES string of the molecule is CCC(CC)C(=O)Nc1nnc(-c2csc(C)n2)o1. The van der Waals surface area contributed by atoms with Crippen molar-refractivity contribution in [2.45, 2.75) is 33.6 Å². The van der Waals surface area contributed by atoms with Gasteiger partial charge in [0.15, 0.2) is 0 Å². The van der Waals surface area contributed by atoms with Gasteiger partial charge in [-0.15, -0.1) is 16.4 Å². The Morgan fingerprint density at radius 3 is 2.74 bits per heavy atom. The van der Waals surface area contributed by atoms with Crippen LogP contribution in [-0.2, 0) is 4.79 Å². The average molecular weight is 280 g/mol. The lowest BCUT2D eigenvalue weighted by atomic mass is 10.0. The molecule has 0 aromatic carbocycles. The molecule has 2 heterocycles. The van der Waals surface area contributed by atoms with E-state index in [0.717, 1.165) is 17.8 Å². The molecule has 0 aliphatic carbocycles. The fourth-order valence-electron chi connectivity index (χ4n) is 1.71. The van der Waals surface area contributed by atoms with Crippen molar-refractivity contribution in [2.75, 3.05) is 5.32 Å². The van der Waals surface area contributed by atoms with Gasteiger partial charge >= 0.3 is 6.01 Å².